The first kappa shape index (κ1) is 14.7. The van der Waals surface area contributed by atoms with Gasteiger partial charge in [-0.05, 0) is 17.7 Å². The Hall–Kier alpha value is -1.69. The summed E-state index contributed by atoms with van der Waals surface area (Å²) in [5, 5.41) is -0.0997. The monoisotopic (exact) mass is 294 g/mol. The summed E-state index contributed by atoms with van der Waals surface area (Å²) in [5.74, 6) is 1.13. The van der Waals surface area contributed by atoms with Gasteiger partial charge in [0, 0.05) is 14.1 Å². The molecule has 20 heavy (non-hydrogen) atoms. The molecule has 0 aliphatic carbocycles. The molecule has 0 spiro atoms. The minimum atomic E-state index is -0.0997. The summed E-state index contributed by atoms with van der Waals surface area (Å²) in [4.78, 5) is 26.9. The number of carbonyl (C=O) groups excluding carboxylic acids is 2. The summed E-state index contributed by atoms with van der Waals surface area (Å²) >= 11 is 1.54. The van der Waals surface area contributed by atoms with Crippen LogP contribution in [0.2, 0.25) is 0 Å². The fourth-order valence-corrected chi connectivity index (χ4v) is 3.14. The number of thioether (sulfide) groups is 1. The van der Waals surface area contributed by atoms with Gasteiger partial charge < -0.3 is 14.5 Å². The average molecular weight is 294 g/mol. The number of hydrogen-bond donors (Lipinski definition) is 0. The maximum absolute atomic E-state index is 11.9. The Kier molecular flexibility index (Phi) is 4.54. The van der Waals surface area contributed by atoms with E-state index in [0.29, 0.717) is 5.75 Å². The SMILES string of the molecule is COc1ccc(C2SCC(=O)N2CC(=O)N(C)C)cc1. The molecule has 1 saturated heterocycles. The van der Waals surface area contributed by atoms with Gasteiger partial charge in [0.15, 0.2) is 0 Å². The normalized spacial score (nSPS) is 18.2. The third kappa shape index (κ3) is 3.07. The predicted octanol–water partition coefficient (Wildman–Crippen LogP) is 1.36. The lowest BCUT2D eigenvalue weighted by atomic mass is 10.2. The molecule has 1 aliphatic rings. The minimum absolute atomic E-state index is 0.00557. The molecule has 6 heteroatoms. The molecule has 1 aliphatic heterocycles. The van der Waals surface area contributed by atoms with Crippen LogP contribution in [-0.2, 0) is 9.59 Å². The van der Waals surface area contributed by atoms with Crippen molar-refractivity contribution in [3.63, 3.8) is 0 Å². The van der Waals surface area contributed by atoms with E-state index in [1.165, 1.54) is 4.90 Å². The van der Waals surface area contributed by atoms with Crippen LogP contribution in [0.3, 0.4) is 0 Å². The summed E-state index contributed by atoms with van der Waals surface area (Å²) in [6.45, 7) is 0.121. The maximum Gasteiger partial charge on any atom is 0.241 e. The molecule has 1 fully saturated rings. The van der Waals surface area contributed by atoms with E-state index in [-0.39, 0.29) is 23.7 Å². The van der Waals surface area contributed by atoms with Crippen LogP contribution in [0.4, 0.5) is 0 Å². The van der Waals surface area contributed by atoms with Gasteiger partial charge in [0.1, 0.15) is 17.7 Å². The van der Waals surface area contributed by atoms with Crippen molar-refractivity contribution in [2.45, 2.75) is 5.37 Å². The molecule has 1 heterocycles. The third-order valence-corrected chi connectivity index (χ3v) is 4.43. The van der Waals surface area contributed by atoms with Crippen LogP contribution in [0.5, 0.6) is 5.75 Å². The van der Waals surface area contributed by atoms with Crippen molar-refractivity contribution < 1.29 is 14.3 Å². The molecule has 0 saturated carbocycles. The molecule has 0 N–H and O–H groups in total. The van der Waals surface area contributed by atoms with E-state index in [4.69, 9.17) is 4.74 Å². The van der Waals surface area contributed by atoms with Crippen molar-refractivity contribution in [2.24, 2.45) is 0 Å². The molecule has 0 bridgehead atoms. The number of likely N-dealkylation sites (N-methyl/N-ethyl adjacent to an activating group) is 1. The Morgan fingerprint density at radius 2 is 2.05 bits per heavy atom. The summed E-state index contributed by atoms with van der Waals surface area (Å²) < 4.78 is 5.13. The van der Waals surface area contributed by atoms with Gasteiger partial charge in [-0.15, -0.1) is 11.8 Å². The highest BCUT2D eigenvalue weighted by Gasteiger charge is 2.34. The van der Waals surface area contributed by atoms with Crippen molar-refractivity contribution in [3.05, 3.63) is 29.8 Å². The lowest BCUT2D eigenvalue weighted by molar-refractivity contribution is -0.137. The highest BCUT2D eigenvalue weighted by atomic mass is 32.2. The van der Waals surface area contributed by atoms with E-state index in [2.05, 4.69) is 0 Å². The zero-order valence-corrected chi connectivity index (χ0v) is 12.6. The fraction of sp³-hybridized carbons (Fsp3) is 0.429. The van der Waals surface area contributed by atoms with E-state index in [9.17, 15) is 9.59 Å². The van der Waals surface area contributed by atoms with Gasteiger partial charge in [-0.2, -0.15) is 0 Å². The van der Waals surface area contributed by atoms with Gasteiger partial charge in [-0.1, -0.05) is 12.1 Å². The summed E-state index contributed by atoms with van der Waals surface area (Å²) in [6.07, 6.45) is 0. The lowest BCUT2D eigenvalue weighted by Crippen LogP contribution is -2.38. The van der Waals surface area contributed by atoms with E-state index in [1.807, 2.05) is 24.3 Å². The van der Waals surface area contributed by atoms with Crippen LogP contribution in [-0.4, -0.2) is 55.1 Å². The van der Waals surface area contributed by atoms with Crippen LogP contribution < -0.4 is 4.74 Å². The maximum atomic E-state index is 11.9. The van der Waals surface area contributed by atoms with E-state index in [0.717, 1.165) is 11.3 Å². The molecule has 5 nitrogen and oxygen atoms in total. The summed E-state index contributed by atoms with van der Waals surface area (Å²) in [6, 6.07) is 7.60. The Morgan fingerprint density at radius 3 is 2.60 bits per heavy atom. The van der Waals surface area contributed by atoms with Gasteiger partial charge in [0.25, 0.3) is 0 Å². The molecule has 1 atom stereocenters. The topological polar surface area (TPSA) is 49.9 Å². The zero-order chi connectivity index (χ0) is 14.7. The van der Waals surface area contributed by atoms with E-state index >= 15 is 0 Å². The van der Waals surface area contributed by atoms with Crippen molar-refractivity contribution in [1.82, 2.24) is 9.80 Å². The molecule has 0 aromatic heterocycles. The Labute approximate surface area is 122 Å². The van der Waals surface area contributed by atoms with E-state index in [1.54, 1.807) is 37.9 Å². The molecule has 1 aromatic rings. The van der Waals surface area contributed by atoms with Gasteiger partial charge in [-0.25, -0.2) is 0 Å². The third-order valence-electron chi connectivity index (χ3n) is 3.17. The molecular weight excluding hydrogens is 276 g/mol. The number of benzene rings is 1. The van der Waals surface area contributed by atoms with Crippen LogP contribution >= 0.6 is 11.8 Å². The number of carbonyl (C=O) groups is 2. The quantitative estimate of drug-likeness (QED) is 0.841. The van der Waals surface area contributed by atoms with Gasteiger partial charge >= 0.3 is 0 Å². The number of amides is 2. The fourth-order valence-electron chi connectivity index (χ4n) is 1.96. The average Bonchev–Trinajstić information content (AvgIpc) is 2.80. The first-order valence-corrected chi connectivity index (χ1v) is 7.33. The molecule has 0 radical (unpaired) electrons. The number of methoxy groups -OCH3 is 1. The van der Waals surface area contributed by atoms with Gasteiger partial charge in [0.05, 0.1) is 12.9 Å². The van der Waals surface area contributed by atoms with Crippen LogP contribution in [0.15, 0.2) is 24.3 Å². The second-order valence-electron chi connectivity index (χ2n) is 4.75. The number of ether oxygens (including phenoxy) is 1. The molecular formula is C14H18N2O3S. The molecule has 2 rings (SSSR count). The Balaban J connectivity index is 2.16. The largest absolute Gasteiger partial charge is 0.497 e. The predicted molar refractivity (Wildman–Crippen MR) is 78.6 cm³/mol. The number of nitrogens with zero attached hydrogens (tertiary/aromatic N) is 2. The van der Waals surface area contributed by atoms with Crippen LogP contribution in [0, 0.1) is 0 Å². The van der Waals surface area contributed by atoms with Crippen molar-refractivity contribution in [3.8, 4) is 5.75 Å². The van der Waals surface area contributed by atoms with Gasteiger partial charge in [0.2, 0.25) is 11.8 Å². The zero-order valence-electron chi connectivity index (χ0n) is 11.8. The lowest BCUT2D eigenvalue weighted by Gasteiger charge is -2.25. The highest BCUT2D eigenvalue weighted by molar-refractivity contribution is 8.00. The first-order chi connectivity index (χ1) is 9.52. The number of rotatable bonds is 4. The van der Waals surface area contributed by atoms with Crippen molar-refractivity contribution in [2.75, 3.05) is 33.5 Å². The summed E-state index contributed by atoms with van der Waals surface area (Å²) in [7, 11) is 5.00. The molecule has 2 amide bonds. The van der Waals surface area contributed by atoms with Crippen LogP contribution in [0.25, 0.3) is 0 Å². The van der Waals surface area contributed by atoms with Crippen molar-refractivity contribution >= 4 is 23.6 Å². The minimum Gasteiger partial charge on any atom is -0.497 e. The Morgan fingerprint density at radius 1 is 1.40 bits per heavy atom. The second kappa shape index (κ2) is 6.17. The highest BCUT2D eigenvalue weighted by Crippen LogP contribution is 2.38. The molecule has 1 aromatic carbocycles. The first-order valence-electron chi connectivity index (χ1n) is 6.28. The smallest absolute Gasteiger partial charge is 0.241 e. The van der Waals surface area contributed by atoms with E-state index < -0.39 is 0 Å². The summed E-state index contributed by atoms with van der Waals surface area (Å²) in [5.41, 5.74) is 1.01. The number of hydrogen-bond acceptors (Lipinski definition) is 4. The van der Waals surface area contributed by atoms with Crippen LogP contribution in [0.1, 0.15) is 10.9 Å². The van der Waals surface area contributed by atoms with Gasteiger partial charge in [-0.3, -0.25) is 9.59 Å². The Bertz CT molecular complexity index is 502. The molecule has 108 valence electrons. The second-order valence-corrected chi connectivity index (χ2v) is 5.81. The standard InChI is InChI=1S/C14H18N2O3S/c1-15(2)12(17)8-16-13(18)9-20-14(16)10-4-6-11(19-3)7-5-10/h4-7,14H,8-9H2,1-3H3. The molecule has 1 unspecified atom stereocenters. The van der Waals surface area contributed by atoms with Crippen molar-refractivity contribution in [1.29, 1.82) is 0 Å².